The third-order valence-electron chi connectivity index (χ3n) is 3.14. The number of aromatic carboxylic acids is 1. The molecule has 0 radical (unpaired) electrons. The summed E-state index contributed by atoms with van der Waals surface area (Å²) in [5.41, 5.74) is 0.109. The second-order valence-electron chi connectivity index (χ2n) is 4.97. The van der Waals surface area contributed by atoms with Crippen molar-refractivity contribution in [2.75, 3.05) is 7.05 Å². The molecule has 2 heterocycles. The smallest absolute Gasteiger partial charge is 0.339 e. The Morgan fingerprint density at radius 1 is 1.36 bits per heavy atom. The van der Waals surface area contributed by atoms with Gasteiger partial charge in [-0.1, -0.05) is 5.16 Å². The first-order chi connectivity index (χ1) is 10.4. The third kappa shape index (κ3) is 3.72. The average Bonchev–Trinajstić information content (AvgIpc) is 3.02. The predicted molar refractivity (Wildman–Crippen MR) is 74.2 cm³/mol. The zero-order chi connectivity index (χ0) is 16.3. The predicted octanol–water partition coefficient (Wildman–Crippen LogP) is 1.57. The number of amides is 1. The highest BCUT2D eigenvalue weighted by atomic mass is 16.5. The van der Waals surface area contributed by atoms with E-state index >= 15 is 0 Å². The molecule has 8 heteroatoms. The Hall–Kier alpha value is -2.64. The summed E-state index contributed by atoms with van der Waals surface area (Å²) in [5.74, 6) is 0.531. The lowest BCUT2D eigenvalue weighted by Crippen LogP contribution is -2.26. The van der Waals surface area contributed by atoms with Crippen molar-refractivity contribution in [3.8, 4) is 0 Å². The summed E-state index contributed by atoms with van der Waals surface area (Å²) in [4.78, 5) is 28.5. The van der Waals surface area contributed by atoms with Crippen LogP contribution in [0.25, 0.3) is 0 Å². The van der Waals surface area contributed by atoms with E-state index < -0.39 is 5.97 Å². The van der Waals surface area contributed by atoms with E-state index in [0.29, 0.717) is 29.7 Å². The minimum absolute atomic E-state index is 0.109. The Kier molecular flexibility index (Phi) is 4.59. The number of hydrogen-bond acceptors (Lipinski definition) is 6. The maximum Gasteiger partial charge on any atom is 0.339 e. The number of carbonyl (C=O) groups is 2. The highest BCUT2D eigenvalue weighted by Crippen LogP contribution is 2.16. The van der Waals surface area contributed by atoms with E-state index in [1.165, 1.54) is 11.0 Å². The van der Waals surface area contributed by atoms with Gasteiger partial charge in [0.25, 0.3) is 0 Å². The highest BCUT2D eigenvalue weighted by molar-refractivity contribution is 5.88. The number of carboxylic acid groups (broad SMARTS) is 1. The molecule has 0 atom stereocenters. The second kappa shape index (κ2) is 6.42. The van der Waals surface area contributed by atoms with Gasteiger partial charge in [-0.2, -0.15) is 4.98 Å². The maximum atomic E-state index is 12.0. The summed E-state index contributed by atoms with van der Waals surface area (Å²) in [6.07, 6.45) is 0.588. The number of aryl methyl sites for hydroxylation is 3. The van der Waals surface area contributed by atoms with Gasteiger partial charge >= 0.3 is 5.97 Å². The molecule has 0 aliphatic rings. The molecular formula is C14H17N3O5. The Labute approximate surface area is 126 Å². The third-order valence-corrected chi connectivity index (χ3v) is 3.14. The van der Waals surface area contributed by atoms with E-state index in [1.807, 2.05) is 0 Å². The molecule has 0 saturated carbocycles. The quantitative estimate of drug-likeness (QED) is 0.862. The molecule has 0 spiro atoms. The molecule has 0 aliphatic carbocycles. The van der Waals surface area contributed by atoms with Crippen LogP contribution in [-0.2, 0) is 17.8 Å². The monoisotopic (exact) mass is 307 g/mol. The molecule has 22 heavy (non-hydrogen) atoms. The molecule has 2 aromatic rings. The fraction of sp³-hybridized carbons (Fsp3) is 0.429. The summed E-state index contributed by atoms with van der Waals surface area (Å²) < 4.78 is 10.3. The van der Waals surface area contributed by atoms with Gasteiger partial charge in [-0.3, -0.25) is 4.79 Å². The molecule has 0 aliphatic heterocycles. The SMILES string of the molecule is Cc1noc(CCC(=O)N(C)Cc2cc(C(=O)O)c(C)o2)n1. The van der Waals surface area contributed by atoms with Gasteiger partial charge in [-0.05, 0) is 19.9 Å². The number of rotatable bonds is 6. The van der Waals surface area contributed by atoms with E-state index in [-0.39, 0.29) is 24.4 Å². The Balaban J connectivity index is 1.90. The van der Waals surface area contributed by atoms with Crippen molar-refractivity contribution in [1.29, 1.82) is 0 Å². The van der Waals surface area contributed by atoms with Crippen LogP contribution in [0.3, 0.4) is 0 Å². The van der Waals surface area contributed by atoms with Crippen molar-refractivity contribution in [1.82, 2.24) is 15.0 Å². The van der Waals surface area contributed by atoms with Gasteiger partial charge in [-0.15, -0.1) is 0 Å². The van der Waals surface area contributed by atoms with E-state index in [0.717, 1.165) is 0 Å². The summed E-state index contributed by atoms with van der Waals surface area (Å²) in [6, 6.07) is 1.43. The van der Waals surface area contributed by atoms with Crippen LogP contribution in [0.4, 0.5) is 0 Å². The van der Waals surface area contributed by atoms with Gasteiger partial charge < -0.3 is 18.9 Å². The van der Waals surface area contributed by atoms with Crippen molar-refractivity contribution < 1.29 is 23.6 Å². The van der Waals surface area contributed by atoms with Gasteiger partial charge in [0, 0.05) is 19.9 Å². The Morgan fingerprint density at radius 2 is 2.09 bits per heavy atom. The first-order valence-corrected chi connectivity index (χ1v) is 6.72. The summed E-state index contributed by atoms with van der Waals surface area (Å²) in [7, 11) is 1.62. The fourth-order valence-electron chi connectivity index (χ4n) is 2.00. The first kappa shape index (κ1) is 15.7. The van der Waals surface area contributed by atoms with Crippen molar-refractivity contribution >= 4 is 11.9 Å². The molecule has 0 bridgehead atoms. The number of aromatic nitrogens is 2. The molecule has 1 N–H and O–H groups in total. The van der Waals surface area contributed by atoms with Gasteiger partial charge in [0.2, 0.25) is 11.8 Å². The minimum atomic E-state index is -1.05. The van der Waals surface area contributed by atoms with Crippen LogP contribution in [0.2, 0.25) is 0 Å². The first-order valence-electron chi connectivity index (χ1n) is 6.72. The van der Waals surface area contributed by atoms with Gasteiger partial charge in [0.05, 0.1) is 6.54 Å². The van der Waals surface area contributed by atoms with E-state index in [9.17, 15) is 9.59 Å². The number of carboxylic acids is 1. The molecule has 118 valence electrons. The lowest BCUT2D eigenvalue weighted by atomic mass is 10.2. The Morgan fingerprint density at radius 3 is 2.64 bits per heavy atom. The molecular weight excluding hydrogens is 290 g/mol. The van der Waals surface area contributed by atoms with Gasteiger partial charge in [0.1, 0.15) is 17.1 Å². The van der Waals surface area contributed by atoms with Crippen molar-refractivity contribution in [3.63, 3.8) is 0 Å². The van der Waals surface area contributed by atoms with Gasteiger partial charge in [-0.25, -0.2) is 4.79 Å². The average molecular weight is 307 g/mol. The molecule has 2 aromatic heterocycles. The maximum absolute atomic E-state index is 12.0. The van der Waals surface area contributed by atoms with Crippen LogP contribution < -0.4 is 0 Å². The van der Waals surface area contributed by atoms with E-state index in [2.05, 4.69) is 10.1 Å². The van der Waals surface area contributed by atoms with Crippen LogP contribution >= 0.6 is 0 Å². The van der Waals surface area contributed by atoms with E-state index in [1.54, 1.807) is 20.9 Å². The van der Waals surface area contributed by atoms with Crippen LogP contribution in [0.5, 0.6) is 0 Å². The molecule has 8 nitrogen and oxygen atoms in total. The zero-order valence-corrected chi connectivity index (χ0v) is 12.6. The van der Waals surface area contributed by atoms with E-state index in [4.69, 9.17) is 14.0 Å². The van der Waals surface area contributed by atoms with Crippen LogP contribution in [0.15, 0.2) is 15.0 Å². The number of nitrogens with zero attached hydrogens (tertiary/aromatic N) is 3. The number of carbonyl (C=O) groups excluding carboxylic acids is 1. The topological polar surface area (TPSA) is 110 Å². The molecule has 2 rings (SSSR count). The van der Waals surface area contributed by atoms with Crippen molar-refractivity contribution in [3.05, 3.63) is 34.9 Å². The lowest BCUT2D eigenvalue weighted by Gasteiger charge is -2.14. The molecule has 0 fully saturated rings. The lowest BCUT2D eigenvalue weighted by molar-refractivity contribution is -0.130. The summed E-state index contributed by atoms with van der Waals surface area (Å²) >= 11 is 0. The Bertz CT molecular complexity index is 688. The number of hydrogen-bond donors (Lipinski definition) is 1. The standard InChI is InChI=1S/C14H17N3O5/c1-8-11(14(19)20)6-10(21-8)7-17(3)13(18)5-4-12-15-9(2)16-22-12/h6H,4-5,7H2,1-3H3,(H,19,20). The fourth-order valence-corrected chi connectivity index (χ4v) is 2.00. The van der Waals surface area contributed by atoms with Crippen LogP contribution in [0.1, 0.15) is 40.0 Å². The molecule has 0 saturated heterocycles. The molecule has 0 aromatic carbocycles. The second-order valence-corrected chi connectivity index (χ2v) is 4.97. The largest absolute Gasteiger partial charge is 0.478 e. The number of furan rings is 1. The van der Waals surface area contributed by atoms with Gasteiger partial charge in [0.15, 0.2) is 5.82 Å². The van der Waals surface area contributed by atoms with Crippen molar-refractivity contribution in [2.45, 2.75) is 33.2 Å². The zero-order valence-electron chi connectivity index (χ0n) is 12.6. The highest BCUT2D eigenvalue weighted by Gasteiger charge is 2.17. The van der Waals surface area contributed by atoms with Crippen molar-refractivity contribution in [2.24, 2.45) is 0 Å². The normalized spacial score (nSPS) is 10.7. The van der Waals surface area contributed by atoms with Crippen LogP contribution in [-0.4, -0.2) is 39.1 Å². The molecule has 1 amide bonds. The minimum Gasteiger partial charge on any atom is -0.478 e. The summed E-state index contributed by atoms with van der Waals surface area (Å²) in [5, 5.41) is 12.6. The summed E-state index contributed by atoms with van der Waals surface area (Å²) in [6.45, 7) is 3.49. The molecule has 0 unspecified atom stereocenters. The van der Waals surface area contributed by atoms with Crippen LogP contribution in [0, 0.1) is 13.8 Å².